The number of hydrogen-bond acceptors (Lipinski definition) is 4. The molecule has 6 heteroatoms. The van der Waals surface area contributed by atoms with Gasteiger partial charge in [0.25, 0.3) is 5.91 Å². The Morgan fingerprint density at radius 1 is 1.35 bits per heavy atom. The molecule has 1 aliphatic rings. The van der Waals surface area contributed by atoms with Crippen LogP contribution in [-0.4, -0.2) is 54.1 Å². The molecule has 0 unspecified atom stereocenters. The first kappa shape index (κ1) is 15.6. The van der Waals surface area contributed by atoms with Gasteiger partial charge in [0.15, 0.2) is 0 Å². The molecule has 0 saturated carbocycles. The number of aryl methyl sites for hydroxylation is 1. The van der Waals surface area contributed by atoms with Crippen molar-refractivity contribution < 1.29 is 9.53 Å². The quantitative estimate of drug-likeness (QED) is 0.935. The molecule has 3 heterocycles. The number of methoxy groups -OCH3 is 1. The molecule has 6 nitrogen and oxygen atoms in total. The summed E-state index contributed by atoms with van der Waals surface area (Å²) >= 11 is 0. The van der Waals surface area contributed by atoms with Gasteiger partial charge in [-0.25, -0.2) is 4.98 Å². The second-order valence-electron chi connectivity index (χ2n) is 5.73. The van der Waals surface area contributed by atoms with E-state index in [-0.39, 0.29) is 5.91 Å². The number of hydrogen-bond donors (Lipinski definition) is 1. The minimum atomic E-state index is 0.0233. The van der Waals surface area contributed by atoms with Crippen LogP contribution >= 0.6 is 0 Å². The molecule has 23 heavy (non-hydrogen) atoms. The highest BCUT2D eigenvalue weighted by Gasteiger charge is 2.25. The number of nitrogens with zero attached hydrogens (tertiary/aromatic N) is 3. The minimum absolute atomic E-state index is 0.0233. The second-order valence-corrected chi connectivity index (χ2v) is 5.73. The largest absolute Gasteiger partial charge is 0.383 e. The monoisotopic (exact) mass is 314 g/mol. The molecule has 0 bridgehead atoms. The number of anilines is 1. The summed E-state index contributed by atoms with van der Waals surface area (Å²) in [5.74, 6) is 0.985. The van der Waals surface area contributed by atoms with E-state index < -0.39 is 0 Å². The third-order valence-electron chi connectivity index (χ3n) is 4.08. The van der Waals surface area contributed by atoms with Crippen LogP contribution in [0.15, 0.2) is 30.5 Å². The predicted octanol–water partition coefficient (Wildman–Crippen LogP) is 1.83. The number of nitrogens with one attached hydrogen (secondary N) is 1. The van der Waals surface area contributed by atoms with Gasteiger partial charge in [-0.2, -0.15) is 0 Å². The topological polar surface area (TPSA) is 61.5 Å². The lowest BCUT2D eigenvalue weighted by atomic mass is 10.2. The molecule has 0 saturated heterocycles. The van der Waals surface area contributed by atoms with E-state index in [9.17, 15) is 4.79 Å². The molecule has 0 fully saturated rings. The maximum absolute atomic E-state index is 12.6. The van der Waals surface area contributed by atoms with Gasteiger partial charge in [-0.15, -0.1) is 0 Å². The number of ether oxygens (including phenoxy) is 1. The molecule has 2 aromatic heterocycles. The maximum atomic E-state index is 12.6. The Kier molecular flexibility index (Phi) is 4.62. The molecule has 0 spiro atoms. The van der Waals surface area contributed by atoms with E-state index in [1.54, 1.807) is 13.3 Å². The molecule has 0 aromatic carbocycles. The Balaban J connectivity index is 1.87. The first-order valence-electron chi connectivity index (χ1n) is 7.82. The Hall–Kier alpha value is -2.34. The molecular weight excluding hydrogens is 292 g/mol. The van der Waals surface area contributed by atoms with Gasteiger partial charge in [0.1, 0.15) is 11.5 Å². The molecule has 0 aliphatic carbocycles. The zero-order valence-corrected chi connectivity index (χ0v) is 13.6. The van der Waals surface area contributed by atoms with Crippen LogP contribution < -0.4 is 4.90 Å². The van der Waals surface area contributed by atoms with E-state index in [1.807, 2.05) is 30.0 Å². The summed E-state index contributed by atoms with van der Waals surface area (Å²) < 4.78 is 5.21. The lowest BCUT2D eigenvalue weighted by Gasteiger charge is -2.23. The van der Waals surface area contributed by atoms with Gasteiger partial charge in [0, 0.05) is 50.7 Å². The molecule has 1 amide bonds. The summed E-state index contributed by atoms with van der Waals surface area (Å²) in [6.07, 6.45) is 1.77. The van der Waals surface area contributed by atoms with Crippen molar-refractivity contribution in [2.24, 2.45) is 0 Å². The van der Waals surface area contributed by atoms with Crippen LogP contribution in [0.2, 0.25) is 0 Å². The summed E-state index contributed by atoms with van der Waals surface area (Å²) in [6.45, 7) is 5.38. The Bertz CT molecular complexity index is 669. The van der Waals surface area contributed by atoms with E-state index in [0.29, 0.717) is 25.4 Å². The van der Waals surface area contributed by atoms with Gasteiger partial charge in [0.05, 0.1) is 6.61 Å². The van der Waals surface area contributed by atoms with Gasteiger partial charge in [-0.05, 0) is 25.1 Å². The Morgan fingerprint density at radius 2 is 2.22 bits per heavy atom. The molecule has 3 rings (SSSR count). The Labute approximate surface area is 136 Å². The summed E-state index contributed by atoms with van der Waals surface area (Å²) in [5.41, 5.74) is 2.68. The number of aromatic amines is 1. The number of aromatic nitrogens is 2. The first-order chi connectivity index (χ1) is 11.2. The van der Waals surface area contributed by atoms with Crippen LogP contribution in [0.5, 0.6) is 0 Å². The van der Waals surface area contributed by atoms with Gasteiger partial charge in [-0.3, -0.25) is 4.79 Å². The number of pyridine rings is 1. The summed E-state index contributed by atoms with van der Waals surface area (Å²) in [5, 5.41) is 0. The zero-order chi connectivity index (χ0) is 16.2. The van der Waals surface area contributed by atoms with Crippen molar-refractivity contribution in [3.05, 3.63) is 47.4 Å². The molecule has 2 aromatic rings. The number of rotatable bonds is 4. The van der Waals surface area contributed by atoms with Crippen LogP contribution in [-0.2, 0) is 11.3 Å². The second kappa shape index (κ2) is 6.83. The highest BCUT2D eigenvalue weighted by Crippen LogP contribution is 2.24. The number of fused-ring (bicyclic) bond motifs is 1. The first-order valence-corrected chi connectivity index (χ1v) is 7.82. The fraction of sp³-hybridized carbons (Fsp3) is 0.412. The van der Waals surface area contributed by atoms with Crippen molar-refractivity contribution in [1.29, 1.82) is 0 Å². The normalized spacial score (nSPS) is 14.5. The predicted molar refractivity (Wildman–Crippen MR) is 88.6 cm³/mol. The zero-order valence-electron chi connectivity index (χ0n) is 13.6. The highest BCUT2D eigenvalue weighted by molar-refractivity contribution is 5.92. The van der Waals surface area contributed by atoms with Crippen molar-refractivity contribution in [2.45, 2.75) is 13.5 Å². The molecule has 122 valence electrons. The molecule has 0 atom stereocenters. The van der Waals surface area contributed by atoms with Gasteiger partial charge in [0.2, 0.25) is 0 Å². The lowest BCUT2D eigenvalue weighted by Crippen LogP contribution is -2.36. The third-order valence-corrected chi connectivity index (χ3v) is 4.08. The fourth-order valence-corrected chi connectivity index (χ4v) is 2.83. The third kappa shape index (κ3) is 3.37. The SMILES string of the molecule is COCCN1CCN(C(=O)c2ccc[nH]2)Cc2ccc(C)nc21. The maximum Gasteiger partial charge on any atom is 0.270 e. The average molecular weight is 314 g/mol. The van der Waals surface area contributed by atoms with E-state index in [1.165, 1.54) is 0 Å². The molecule has 0 radical (unpaired) electrons. The van der Waals surface area contributed by atoms with Crippen LogP contribution in [0.25, 0.3) is 0 Å². The van der Waals surface area contributed by atoms with Crippen molar-refractivity contribution in [2.75, 3.05) is 38.3 Å². The standard InChI is InChI=1S/C17H22N4O2/c1-13-5-6-14-12-21(17(22)15-4-3-7-18-15)9-8-20(10-11-23-2)16(14)19-13/h3-7,18H,8-12H2,1-2H3. The lowest BCUT2D eigenvalue weighted by molar-refractivity contribution is 0.0746. The summed E-state index contributed by atoms with van der Waals surface area (Å²) in [7, 11) is 1.70. The van der Waals surface area contributed by atoms with Gasteiger partial charge >= 0.3 is 0 Å². The molecule has 1 N–H and O–H groups in total. The van der Waals surface area contributed by atoms with Gasteiger partial charge in [-0.1, -0.05) is 6.07 Å². The van der Waals surface area contributed by atoms with Crippen molar-refractivity contribution >= 4 is 11.7 Å². The summed E-state index contributed by atoms with van der Waals surface area (Å²) in [6, 6.07) is 7.72. The molecular formula is C17H22N4O2. The molecule has 1 aliphatic heterocycles. The van der Waals surface area contributed by atoms with E-state index >= 15 is 0 Å². The summed E-state index contributed by atoms with van der Waals surface area (Å²) in [4.78, 5) is 24.4. The van der Waals surface area contributed by atoms with Crippen LogP contribution in [0, 0.1) is 6.92 Å². The van der Waals surface area contributed by atoms with E-state index in [2.05, 4.69) is 20.9 Å². The van der Waals surface area contributed by atoms with Crippen LogP contribution in [0.4, 0.5) is 5.82 Å². The van der Waals surface area contributed by atoms with Gasteiger partial charge < -0.3 is 19.5 Å². The Morgan fingerprint density at radius 3 is 2.96 bits per heavy atom. The van der Waals surface area contributed by atoms with E-state index in [4.69, 9.17) is 4.74 Å². The van der Waals surface area contributed by atoms with Crippen LogP contribution in [0.3, 0.4) is 0 Å². The van der Waals surface area contributed by atoms with Crippen LogP contribution in [0.1, 0.15) is 21.7 Å². The van der Waals surface area contributed by atoms with Crippen molar-refractivity contribution in [1.82, 2.24) is 14.9 Å². The van der Waals surface area contributed by atoms with E-state index in [0.717, 1.165) is 30.2 Å². The number of carbonyl (C=O) groups is 1. The van der Waals surface area contributed by atoms with Crippen molar-refractivity contribution in [3.8, 4) is 0 Å². The smallest absolute Gasteiger partial charge is 0.270 e. The highest BCUT2D eigenvalue weighted by atomic mass is 16.5. The minimum Gasteiger partial charge on any atom is -0.383 e. The number of H-pyrrole nitrogens is 1. The number of amides is 1. The fourth-order valence-electron chi connectivity index (χ4n) is 2.83. The average Bonchev–Trinajstić information content (AvgIpc) is 3.03. The van der Waals surface area contributed by atoms with Crippen molar-refractivity contribution in [3.63, 3.8) is 0 Å². The number of carbonyl (C=O) groups excluding carboxylic acids is 1.